The summed E-state index contributed by atoms with van der Waals surface area (Å²) in [6.07, 6.45) is 3.83. The van der Waals surface area contributed by atoms with Gasteiger partial charge in [-0.25, -0.2) is 0 Å². The predicted molar refractivity (Wildman–Crippen MR) is 56.3 cm³/mol. The third kappa shape index (κ3) is 2.23. The zero-order valence-electron chi connectivity index (χ0n) is 8.14. The predicted octanol–water partition coefficient (Wildman–Crippen LogP) is -0.309. The molecule has 0 atom stereocenters. The van der Waals surface area contributed by atoms with E-state index in [-0.39, 0.29) is 0 Å². The van der Waals surface area contributed by atoms with Gasteiger partial charge in [0, 0.05) is 0 Å². The first-order chi connectivity index (χ1) is 6.90. The molecular formula is C9H13N3OSe. The van der Waals surface area contributed by atoms with Crippen molar-refractivity contribution in [2.45, 2.75) is 5.82 Å². The van der Waals surface area contributed by atoms with Crippen LogP contribution in [0.15, 0.2) is 12.4 Å². The third-order valence-electron chi connectivity index (χ3n) is 2.17. The molecule has 76 valence electrons. The molecule has 4 nitrogen and oxygen atoms in total. The van der Waals surface area contributed by atoms with E-state index in [1.54, 1.807) is 0 Å². The van der Waals surface area contributed by atoms with Crippen LogP contribution in [0.2, 0.25) is 5.82 Å². The molecule has 1 saturated heterocycles. The van der Waals surface area contributed by atoms with Gasteiger partial charge in [-0.1, -0.05) is 0 Å². The van der Waals surface area contributed by atoms with Crippen LogP contribution in [0.25, 0.3) is 0 Å². The number of morpholine rings is 1. The minimum absolute atomic E-state index is 0.392. The second-order valence-corrected chi connectivity index (χ2v) is 4.65. The van der Waals surface area contributed by atoms with Gasteiger partial charge in [-0.15, -0.1) is 0 Å². The van der Waals surface area contributed by atoms with Crippen LogP contribution in [-0.2, 0) is 4.74 Å². The monoisotopic (exact) mass is 259 g/mol. The van der Waals surface area contributed by atoms with Crippen LogP contribution in [0, 0.1) is 0 Å². The summed E-state index contributed by atoms with van der Waals surface area (Å²) in [6.45, 7) is 3.50. The Morgan fingerprint density at radius 3 is 2.50 bits per heavy atom. The minimum atomic E-state index is 0.392. The number of aromatic nitrogens is 2. The van der Waals surface area contributed by atoms with Crippen molar-refractivity contribution in [1.82, 2.24) is 9.97 Å². The Kier molecular flexibility index (Phi) is 3.34. The summed E-state index contributed by atoms with van der Waals surface area (Å²) < 4.78 is 6.25. The summed E-state index contributed by atoms with van der Waals surface area (Å²) in [5, 5.41) is 0. The molecule has 0 radical (unpaired) electrons. The van der Waals surface area contributed by atoms with Crippen molar-refractivity contribution in [2.24, 2.45) is 0 Å². The van der Waals surface area contributed by atoms with Crippen LogP contribution < -0.4 is 9.62 Å². The van der Waals surface area contributed by atoms with E-state index in [1.165, 1.54) is 0 Å². The Morgan fingerprint density at radius 1 is 1.29 bits per heavy atom. The molecule has 5 heteroatoms. The first kappa shape index (κ1) is 9.90. The second-order valence-electron chi connectivity index (χ2n) is 3.03. The van der Waals surface area contributed by atoms with Gasteiger partial charge in [-0.05, 0) is 0 Å². The van der Waals surface area contributed by atoms with Crippen LogP contribution >= 0.6 is 0 Å². The normalized spacial score (nSPS) is 17.1. The van der Waals surface area contributed by atoms with E-state index in [1.807, 2.05) is 12.4 Å². The van der Waals surface area contributed by atoms with Gasteiger partial charge >= 0.3 is 89.5 Å². The third-order valence-corrected chi connectivity index (χ3v) is 3.38. The van der Waals surface area contributed by atoms with Crippen molar-refractivity contribution in [1.29, 1.82) is 0 Å². The number of anilines is 1. The Morgan fingerprint density at radius 2 is 1.93 bits per heavy atom. The zero-order valence-corrected chi connectivity index (χ0v) is 9.85. The van der Waals surface area contributed by atoms with Gasteiger partial charge in [0.2, 0.25) is 0 Å². The Balaban J connectivity index is 2.07. The average Bonchev–Trinajstić information content (AvgIpc) is 2.30. The van der Waals surface area contributed by atoms with Crippen LogP contribution in [0.1, 0.15) is 0 Å². The molecule has 0 unspecified atom stereocenters. The molecule has 0 N–H and O–H groups in total. The Labute approximate surface area is 89.8 Å². The van der Waals surface area contributed by atoms with E-state index < -0.39 is 0 Å². The van der Waals surface area contributed by atoms with E-state index in [0.717, 1.165) is 36.7 Å². The molecule has 1 fully saturated rings. The van der Waals surface area contributed by atoms with E-state index in [4.69, 9.17) is 4.74 Å². The molecule has 0 aromatic carbocycles. The molecule has 0 amide bonds. The fraction of sp³-hybridized carbons (Fsp3) is 0.556. The maximum atomic E-state index is 5.29. The summed E-state index contributed by atoms with van der Waals surface area (Å²) >= 11 is 0.392. The summed E-state index contributed by atoms with van der Waals surface area (Å²) in [5.41, 5.74) is 1.11. The molecule has 1 aliphatic heterocycles. The quantitative estimate of drug-likeness (QED) is 0.682. The van der Waals surface area contributed by atoms with Gasteiger partial charge in [-0.2, -0.15) is 0 Å². The molecule has 1 aromatic rings. The number of ether oxygens (including phenoxy) is 1. The summed E-state index contributed by atoms with van der Waals surface area (Å²) in [7, 11) is 0. The molecule has 0 aliphatic carbocycles. The van der Waals surface area contributed by atoms with Crippen molar-refractivity contribution in [2.75, 3.05) is 31.2 Å². The van der Waals surface area contributed by atoms with Crippen LogP contribution in [0.3, 0.4) is 0 Å². The van der Waals surface area contributed by atoms with E-state index in [2.05, 4.69) is 20.7 Å². The molecule has 0 saturated carbocycles. The fourth-order valence-electron chi connectivity index (χ4n) is 1.40. The van der Waals surface area contributed by atoms with Crippen molar-refractivity contribution in [3.63, 3.8) is 0 Å². The molecule has 0 spiro atoms. The average molecular weight is 258 g/mol. The Bertz CT molecular complexity index is 285. The number of hydrogen-bond acceptors (Lipinski definition) is 4. The van der Waals surface area contributed by atoms with E-state index >= 15 is 0 Å². The summed E-state index contributed by atoms with van der Waals surface area (Å²) in [6, 6.07) is 0. The van der Waals surface area contributed by atoms with Gasteiger partial charge in [0.05, 0.1) is 0 Å². The molecular weight excluding hydrogens is 245 g/mol. The van der Waals surface area contributed by atoms with Gasteiger partial charge < -0.3 is 0 Å². The maximum absolute atomic E-state index is 5.29. The molecule has 0 bridgehead atoms. The van der Waals surface area contributed by atoms with Crippen molar-refractivity contribution < 1.29 is 4.74 Å². The topological polar surface area (TPSA) is 38.2 Å². The SMILES string of the molecule is C[Se]c1ncc(N2CCOCC2)cn1. The van der Waals surface area contributed by atoms with Crippen molar-refractivity contribution in [3.8, 4) is 0 Å². The van der Waals surface area contributed by atoms with E-state index in [0.29, 0.717) is 15.0 Å². The van der Waals surface area contributed by atoms with Gasteiger partial charge in [-0.3, -0.25) is 0 Å². The zero-order chi connectivity index (χ0) is 9.80. The molecule has 1 aliphatic rings. The first-order valence-electron chi connectivity index (χ1n) is 4.59. The van der Waals surface area contributed by atoms with Crippen LogP contribution in [0.4, 0.5) is 5.69 Å². The standard InChI is InChI=1S/C9H13N3OSe/c1-14-9-10-6-8(7-11-9)12-2-4-13-5-3-12/h6-7H,2-5H2,1H3. The van der Waals surface area contributed by atoms with Crippen LogP contribution in [-0.4, -0.2) is 51.2 Å². The molecule has 1 aromatic heterocycles. The van der Waals surface area contributed by atoms with Gasteiger partial charge in [0.25, 0.3) is 0 Å². The fourth-order valence-corrected chi connectivity index (χ4v) is 2.06. The van der Waals surface area contributed by atoms with Gasteiger partial charge in [0.15, 0.2) is 0 Å². The number of hydrogen-bond donors (Lipinski definition) is 0. The van der Waals surface area contributed by atoms with Crippen molar-refractivity contribution >= 4 is 25.4 Å². The van der Waals surface area contributed by atoms with Crippen LogP contribution in [0.5, 0.6) is 0 Å². The molecule has 14 heavy (non-hydrogen) atoms. The van der Waals surface area contributed by atoms with Gasteiger partial charge in [0.1, 0.15) is 0 Å². The number of nitrogens with zero attached hydrogens (tertiary/aromatic N) is 3. The summed E-state index contributed by atoms with van der Waals surface area (Å²) in [4.78, 5) is 10.9. The summed E-state index contributed by atoms with van der Waals surface area (Å²) in [5.74, 6) is 2.12. The molecule has 2 rings (SSSR count). The molecule has 2 heterocycles. The number of rotatable bonds is 2. The van der Waals surface area contributed by atoms with E-state index in [9.17, 15) is 0 Å². The second kappa shape index (κ2) is 4.73. The first-order valence-corrected chi connectivity index (χ1v) is 7.16. The Hall–Kier alpha value is -0.641. The van der Waals surface area contributed by atoms with Crippen molar-refractivity contribution in [3.05, 3.63) is 12.4 Å².